The molecule has 0 unspecified atom stereocenters. The zero-order chi connectivity index (χ0) is 22.3. The molecule has 0 radical (unpaired) electrons. The zero-order valence-electron chi connectivity index (χ0n) is 17.4. The van der Waals surface area contributed by atoms with Gasteiger partial charge in [0, 0.05) is 11.1 Å². The van der Waals surface area contributed by atoms with Crippen molar-refractivity contribution in [3.8, 4) is 5.75 Å². The van der Waals surface area contributed by atoms with Crippen molar-refractivity contribution < 1.29 is 18.7 Å². The van der Waals surface area contributed by atoms with E-state index in [-0.39, 0.29) is 24.0 Å². The maximum absolute atomic E-state index is 13.2. The van der Waals surface area contributed by atoms with Crippen molar-refractivity contribution in [3.63, 3.8) is 0 Å². The molecule has 2 heterocycles. The quantitative estimate of drug-likeness (QED) is 0.420. The van der Waals surface area contributed by atoms with Gasteiger partial charge < -0.3 is 14.1 Å². The minimum Gasteiger partial charge on any atom is -0.497 e. The Kier molecular flexibility index (Phi) is 6.62. The van der Waals surface area contributed by atoms with Crippen molar-refractivity contribution in [2.45, 2.75) is 13.0 Å². The molecule has 8 heteroatoms. The number of ether oxygens (including phenoxy) is 1. The number of rotatable bonds is 8. The number of amides is 2. The van der Waals surface area contributed by atoms with Crippen LogP contribution in [0.4, 0.5) is 10.8 Å². The summed E-state index contributed by atoms with van der Waals surface area (Å²) in [6, 6.07) is 20.4. The topological polar surface area (TPSA) is 84.7 Å². The number of aromatic nitrogens is 1. The molecule has 0 bridgehead atoms. The highest BCUT2D eigenvalue weighted by atomic mass is 32.1. The number of methoxy groups -OCH3 is 1. The van der Waals surface area contributed by atoms with Crippen molar-refractivity contribution in [1.29, 1.82) is 0 Å². The monoisotopic (exact) mass is 447 g/mol. The molecule has 0 fully saturated rings. The van der Waals surface area contributed by atoms with E-state index in [0.29, 0.717) is 17.4 Å². The molecule has 0 aliphatic heterocycles. The normalized spacial score (nSPS) is 10.5. The molecule has 0 aliphatic rings. The number of nitrogens with one attached hydrogen (secondary N) is 1. The van der Waals surface area contributed by atoms with E-state index in [4.69, 9.17) is 9.15 Å². The van der Waals surface area contributed by atoms with E-state index in [0.717, 1.165) is 17.0 Å². The van der Waals surface area contributed by atoms with Gasteiger partial charge >= 0.3 is 0 Å². The number of benzene rings is 2. The Hall–Kier alpha value is -3.91. The van der Waals surface area contributed by atoms with Crippen LogP contribution in [0.15, 0.2) is 82.8 Å². The van der Waals surface area contributed by atoms with Crippen LogP contribution < -0.4 is 15.0 Å². The lowest BCUT2D eigenvalue weighted by Crippen LogP contribution is -2.31. The highest BCUT2D eigenvalue weighted by Gasteiger charge is 2.19. The van der Waals surface area contributed by atoms with E-state index in [1.165, 1.54) is 17.6 Å². The molecule has 4 rings (SSSR count). The number of hydrogen-bond donors (Lipinski definition) is 1. The summed E-state index contributed by atoms with van der Waals surface area (Å²) in [5, 5.41) is 4.87. The third-order valence-corrected chi connectivity index (χ3v) is 5.52. The van der Waals surface area contributed by atoms with Gasteiger partial charge in [-0.1, -0.05) is 30.3 Å². The third-order valence-electron chi connectivity index (χ3n) is 4.72. The molecule has 7 nitrogen and oxygen atoms in total. The van der Waals surface area contributed by atoms with Crippen LogP contribution in [0.1, 0.15) is 21.8 Å². The first-order valence-electron chi connectivity index (χ1n) is 9.90. The third kappa shape index (κ3) is 5.22. The fourth-order valence-corrected chi connectivity index (χ4v) is 3.82. The fraction of sp³-hybridized carbons (Fsp3) is 0.125. The number of furan rings is 1. The summed E-state index contributed by atoms with van der Waals surface area (Å²) in [6.45, 7) is 0.429. The lowest BCUT2D eigenvalue weighted by molar-refractivity contribution is -0.118. The summed E-state index contributed by atoms with van der Waals surface area (Å²) in [5.74, 6) is 0.433. The van der Waals surface area contributed by atoms with Crippen LogP contribution in [-0.2, 0) is 17.8 Å². The van der Waals surface area contributed by atoms with E-state index < -0.39 is 0 Å². The van der Waals surface area contributed by atoms with Gasteiger partial charge in [-0.25, -0.2) is 4.98 Å². The van der Waals surface area contributed by atoms with Crippen molar-refractivity contribution in [2.75, 3.05) is 17.3 Å². The molecule has 0 saturated heterocycles. The second kappa shape index (κ2) is 9.93. The first kappa shape index (κ1) is 21.3. The van der Waals surface area contributed by atoms with Gasteiger partial charge in [0.05, 0.1) is 32.0 Å². The molecule has 4 aromatic rings. The van der Waals surface area contributed by atoms with Crippen molar-refractivity contribution >= 4 is 34.0 Å². The summed E-state index contributed by atoms with van der Waals surface area (Å²) < 4.78 is 10.3. The number of hydrogen-bond acceptors (Lipinski definition) is 6. The molecule has 1 N–H and O–H groups in total. The predicted octanol–water partition coefficient (Wildman–Crippen LogP) is 4.77. The Morgan fingerprint density at radius 1 is 1.06 bits per heavy atom. The van der Waals surface area contributed by atoms with Gasteiger partial charge in [-0.15, -0.1) is 11.3 Å². The molecule has 0 spiro atoms. The number of carbonyl (C=O) groups excluding carboxylic acids is 2. The minimum atomic E-state index is -0.383. The Labute approximate surface area is 189 Å². The predicted molar refractivity (Wildman–Crippen MR) is 123 cm³/mol. The second-order valence-electron chi connectivity index (χ2n) is 6.92. The molecular weight excluding hydrogens is 426 g/mol. The molecule has 2 aromatic heterocycles. The Bertz CT molecular complexity index is 1170. The highest BCUT2D eigenvalue weighted by Crippen LogP contribution is 2.23. The van der Waals surface area contributed by atoms with Gasteiger partial charge in [-0.05, 0) is 42.0 Å². The number of carbonyl (C=O) groups is 2. The maximum Gasteiger partial charge on any atom is 0.293 e. The van der Waals surface area contributed by atoms with Crippen LogP contribution in [-0.4, -0.2) is 23.9 Å². The van der Waals surface area contributed by atoms with Gasteiger partial charge in [0.2, 0.25) is 5.91 Å². The van der Waals surface area contributed by atoms with Crippen molar-refractivity contribution in [3.05, 3.63) is 95.4 Å². The summed E-state index contributed by atoms with van der Waals surface area (Å²) in [6.07, 6.45) is 1.54. The van der Waals surface area contributed by atoms with Crippen LogP contribution in [0.3, 0.4) is 0 Å². The fourth-order valence-electron chi connectivity index (χ4n) is 3.11. The smallest absolute Gasteiger partial charge is 0.293 e. The summed E-state index contributed by atoms with van der Waals surface area (Å²) >= 11 is 1.26. The number of thiazole rings is 1. The standard InChI is InChI=1S/C24H21N3O4S/c1-30-20-11-9-19(10-12-20)27(15-17-6-3-2-4-7-17)22(28)14-18-16-32-24(25-18)26-23(29)21-8-5-13-31-21/h2-13,16H,14-15H2,1H3,(H,25,26,29). The summed E-state index contributed by atoms with van der Waals surface area (Å²) in [7, 11) is 1.60. The molecular formula is C24H21N3O4S. The molecule has 162 valence electrons. The number of nitrogens with zero attached hydrogens (tertiary/aromatic N) is 2. The minimum absolute atomic E-state index is 0.103. The molecule has 32 heavy (non-hydrogen) atoms. The lowest BCUT2D eigenvalue weighted by atomic mass is 10.1. The largest absolute Gasteiger partial charge is 0.497 e. The average molecular weight is 448 g/mol. The maximum atomic E-state index is 13.2. The first-order valence-corrected chi connectivity index (χ1v) is 10.8. The zero-order valence-corrected chi connectivity index (χ0v) is 18.2. The van der Waals surface area contributed by atoms with Gasteiger partial charge in [0.25, 0.3) is 5.91 Å². The molecule has 0 saturated carbocycles. The summed E-state index contributed by atoms with van der Waals surface area (Å²) in [4.78, 5) is 31.5. The Balaban J connectivity index is 1.49. The van der Waals surface area contributed by atoms with Crippen LogP contribution in [0.25, 0.3) is 0 Å². The average Bonchev–Trinajstić information content (AvgIpc) is 3.51. The molecule has 0 aliphatic carbocycles. The molecule has 2 amide bonds. The van der Waals surface area contributed by atoms with E-state index in [2.05, 4.69) is 10.3 Å². The Morgan fingerprint density at radius 2 is 1.84 bits per heavy atom. The summed E-state index contributed by atoms with van der Waals surface area (Å²) in [5.41, 5.74) is 2.36. The Morgan fingerprint density at radius 3 is 2.53 bits per heavy atom. The second-order valence-corrected chi connectivity index (χ2v) is 7.77. The van der Waals surface area contributed by atoms with E-state index in [9.17, 15) is 9.59 Å². The molecule has 0 atom stereocenters. The highest BCUT2D eigenvalue weighted by molar-refractivity contribution is 7.14. The van der Waals surface area contributed by atoms with Crippen molar-refractivity contribution in [1.82, 2.24) is 4.98 Å². The van der Waals surface area contributed by atoms with Gasteiger partial charge in [-0.3, -0.25) is 14.9 Å². The first-order chi connectivity index (χ1) is 15.6. The van der Waals surface area contributed by atoms with E-state index >= 15 is 0 Å². The van der Waals surface area contributed by atoms with Gasteiger partial charge in [0.15, 0.2) is 10.9 Å². The van der Waals surface area contributed by atoms with Crippen molar-refractivity contribution in [2.24, 2.45) is 0 Å². The number of anilines is 2. The SMILES string of the molecule is COc1ccc(N(Cc2ccccc2)C(=O)Cc2csc(NC(=O)c3ccco3)n2)cc1. The van der Waals surface area contributed by atoms with Crippen LogP contribution in [0, 0.1) is 0 Å². The van der Waals surface area contributed by atoms with Crippen LogP contribution >= 0.6 is 11.3 Å². The van der Waals surface area contributed by atoms with Gasteiger partial charge in [0.1, 0.15) is 5.75 Å². The van der Waals surface area contributed by atoms with Crippen LogP contribution in [0.2, 0.25) is 0 Å². The lowest BCUT2D eigenvalue weighted by Gasteiger charge is -2.23. The van der Waals surface area contributed by atoms with Crippen LogP contribution in [0.5, 0.6) is 5.75 Å². The molecule has 2 aromatic carbocycles. The van der Waals surface area contributed by atoms with E-state index in [1.807, 2.05) is 54.6 Å². The van der Waals surface area contributed by atoms with Gasteiger partial charge in [-0.2, -0.15) is 0 Å². The van der Waals surface area contributed by atoms with E-state index in [1.54, 1.807) is 29.5 Å².